The first-order valence-corrected chi connectivity index (χ1v) is 12.7. The quantitative estimate of drug-likeness (QED) is 0.283. The van der Waals surface area contributed by atoms with E-state index in [0.717, 1.165) is 18.2 Å². The first-order chi connectivity index (χ1) is 18.7. The normalized spacial score (nSPS) is 13.4. The minimum atomic E-state index is -4.64. The fourth-order valence-corrected chi connectivity index (χ4v) is 4.41. The van der Waals surface area contributed by atoms with E-state index in [1.54, 1.807) is 13.0 Å². The second-order valence-corrected chi connectivity index (χ2v) is 9.87. The second-order valence-electron chi connectivity index (χ2n) is 9.46. The molecule has 1 amide bonds. The summed E-state index contributed by atoms with van der Waals surface area (Å²) in [4.78, 5) is 16.9. The highest BCUT2D eigenvalue weighted by Crippen LogP contribution is 2.36. The minimum absolute atomic E-state index is 0.00670. The Kier molecular flexibility index (Phi) is 7.40. The molecule has 2 aromatic heterocycles. The third kappa shape index (κ3) is 6.29. The molecule has 10 heteroatoms. The Labute approximate surface area is 228 Å². The number of hydrogen-bond donors (Lipinski definition) is 1. The van der Waals surface area contributed by atoms with Crippen molar-refractivity contribution in [3.05, 3.63) is 99.8 Å². The molecule has 0 unspecified atom stereocenters. The van der Waals surface area contributed by atoms with Gasteiger partial charge in [0.2, 0.25) is 0 Å². The minimum Gasteiger partial charge on any atom is -0.322 e. The topological polar surface area (TPSA) is 72.7 Å². The number of alkyl halides is 3. The van der Waals surface area contributed by atoms with E-state index in [1.165, 1.54) is 66.7 Å². The monoisotopic (exact) mass is 549 g/mol. The Morgan fingerprint density at radius 1 is 1.10 bits per heavy atom. The Morgan fingerprint density at radius 3 is 2.56 bits per heavy atom. The average Bonchev–Trinajstić information content (AvgIpc) is 3.32. The molecule has 0 aliphatic heterocycles. The number of aromatic nitrogens is 4. The number of nitrogens with one attached hydrogen (secondary N) is 1. The predicted molar refractivity (Wildman–Crippen MR) is 142 cm³/mol. The summed E-state index contributed by atoms with van der Waals surface area (Å²) >= 11 is 6.28. The van der Waals surface area contributed by atoms with Crippen LogP contribution in [-0.4, -0.2) is 25.7 Å². The second kappa shape index (κ2) is 10.9. The molecule has 198 valence electrons. The summed E-state index contributed by atoms with van der Waals surface area (Å²) in [5.74, 6) is 5.89. The third-order valence-corrected chi connectivity index (χ3v) is 6.88. The SMILES string of the molecule is Cc1cn(-c2ccc(NC(=O)c3ccc(Cl)c(C#Cc4ccc(CC5CCC5)nn4)c3)cc2C(F)(F)F)cn1. The molecule has 4 aromatic rings. The van der Waals surface area contributed by atoms with E-state index in [-0.39, 0.29) is 16.9 Å². The molecule has 39 heavy (non-hydrogen) atoms. The molecule has 5 rings (SSSR count). The van der Waals surface area contributed by atoms with Crippen molar-refractivity contribution in [3.63, 3.8) is 0 Å². The number of carbonyl (C=O) groups excluding carboxylic acids is 1. The molecule has 1 fully saturated rings. The van der Waals surface area contributed by atoms with E-state index in [2.05, 4.69) is 32.3 Å². The Morgan fingerprint density at radius 2 is 1.92 bits per heavy atom. The van der Waals surface area contributed by atoms with Crippen LogP contribution in [0.5, 0.6) is 0 Å². The van der Waals surface area contributed by atoms with Crippen LogP contribution in [0.1, 0.15) is 57.8 Å². The van der Waals surface area contributed by atoms with Crippen molar-refractivity contribution in [2.45, 2.75) is 38.8 Å². The van der Waals surface area contributed by atoms with Gasteiger partial charge in [-0.25, -0.2) is 4.98 Å². The lowest BCUT2D eigenvalue weighted by Crippen LogP contribution is -2.15. The van der Waals surface area contributed by atoms with Gasteiger partial charge in [-0.15, -0.1) is 5.10 Å². The van der Waals surface area contributed by atoms with E-state index < -0.39 is 17.6 Å². The summed E-state index contributed by atoms with van der Waals surface area (Å²) in [5, 5.41) is 11.3. The van der Waals surface area contributed by atoms with Gasteiger partial charge in [-0.3, -0.25) is 4.79 Å². The van der Waals surface area contributed by atoms with Crippen molar-refractivity contribution in [1.29, 1.82) is 0 Å². The lowest BCUT2D eigenvalue weighted by atomic mass is 9.82. The van der Waals surface area contributed by atoms with Crippen LogP contribution < -0.4 is 5.32 Å². The number of carbonyl (C=O) groups is 1. The van der Waals surface area contributed by atoms with Crippen LogP contribution in [0, 0.1) is 24.7 Å². The van der Waals surface area contributed by atoms with Gasteiger partial charge in [-0.2, -0.15) is 18.3 Å². The number of aryl methyl sites for hydroxylation is 1. The van der Waals surface area contributed by atoms with Crippen LogP contribution in [0.4, 0.5) is 18.9 Å². The zero-order valence-electron chi connectivity index (χ0n) is 20.9. The zero-order chi connectivity index (χ0) is 27.6. The summed E-state index contributed by atoms with van der Waals surface area (Å²) in [5.41, 5.74) is 1.54. The molecule has 1 saturated carbocycles. The molecule has 1 aliphatic rings. The van der Waals surface area contributed by atoms with Crippen LogP contribution in [-0.2, 0) is 12.6 Å². The van der Waals surface area contributed by atoms with E-state index in [9.17, 15) is 18.0 Å². The molecule has 6 nitrogen and oxygen atoms in total. The number of nitrogens with zero attached hydrogens (tertiary/aromatic N) is 4. The maximum absolute atomic E-state index is 13.8. The summed E-state index contributed by atoms with van der Waals surface area (Å²) in [7, 11) is 0. The van der Waals surface area contributed by atoms with Crippen molar-refractivity contribution in [2.75, 3.05) is 5.32 Å². The van der Waals surface area contributed by atoms with Crippen LogP contribution in [0.25, 0.3) is 5.69 Å². The standard InChI is InChI=1S/C29H23ClF3N5O/c1-18-16-38(17-34-18)27-12-10-23(15-25(27)29(31,32)33)35-28(39)21-6-11-26(30)20(14-21)5-7-22-8-9-24(37-36-22)13-19-3-2-4-19/h6,8-12,14-17,19H,2-4,13H2,1H3,(H,35,39). The van der Waals surface area contributed by atoms with E-state index in [1.807, 2.05) is 6.07 Å². The Balaban J connectivity index is 1.33. The van der Waals surface area contributed by atoms with Gasteiger partial charge in [0.1, 0.15) is 5.69 Å². The molecule has 1 aliphatic carbocycles. The van der Waals surface area contributed by atoms with Crippen molar-refractivity contribution >= 4 is 23.2 Å². The van der Waals surface area contributed by atoms with Crippen LogP contribution in [0.15, 0.2) is 61.1 Å². The maximum atomic E-state index is 13.8. The van der Waals surface area contributed by atoms with E-state index in [0.29, 0.717) is 27.9 Å². The summed E-state index contributed by atoms with van der Waals surface area (Å²) in [6.45, 7) is 1.68. The highest BCUT2D eigenvalue weighted by Gasteiger charge is 2.34. The van der Waals surface area contributed by atoms with Gasteiger partial charge in [-0.05, 0) is 73.7 Å². The zero-order valence-corrected chi connectivity index (χ0v) is 21.6. The first kappa shape index (κ1) is 26.4. The molecule has 2 aromatic carbocycles. The summed E-state index contributed by atoms with van der Waals surface area (Å²) in [6, 6.07) is 11.8. The van der Waals surface area contributed by atoms with E-state index >= 15 is 0 Å². The van der Waals surface area contributed by atoms with Gasteiger partial charge in [0.25, 0.3) is 5.91 Å². The molecule has 0 bridgehead atoms. The summed E-state index contributed by atoms with van der Waals surface area (Å²) in [6.07, 6.45) is 2.80. The molecular weight excluding hydrogens is 527 g/mol. The van der Waals surface area contributed by atoms with Crippen molar-refractivity contribution in [1.82, 2.24) is 19.7 Å². The van der Waals surface area contributed by atoms with Gasteiger partial charge in [-0.1, -0.05) is 36.8 Å². The number of anilines is 1. The van der Waals surface area contributed by atoms with Crippen molar-refractivity contribution < 1.29 is 18.0 Å². The smallest absolute Gasteiger partial charge is 0.322 e. The van der Waals surface area contributed by atoms with Crippen LogP contribution in [0.3, 0.4) is 0 Å². The molecule has 0 saturated heterocycles. The van der Waals surface area contributed by atoms with Gasteiger partial charge >= 0.3 is 6.18 Å². The number of hydrogen-bond acceptors (Lipinski definition) is 4. The molecule has 2 heterocycles. The first-order valence-electron chi connectivity index (χ1n) is 12.3. The number of rotatable bonds is 5. The fraction of sp³-hybridized carbons (Fsp3) is 0.241. The van der Waals surface area contributed by atoms with Gasteiger partial charge in [0.05, 0.1) is 34.0 Å². The predicted octanol–water partition coefficient (Wildman–Crippen LogP) is 6.64. The summed E-state index contributed by atoms with van der Waals surface area (Å²) < 4.78 is 42.7. The largest absolute Gasteiger partial charge is 0.418 e. The Bertz CT molecular complexity index is 1580. The lowest BCUT2D eigenvalue weighted by Gasteiger charge is -2.24. The highest BCUT2D eigenvalue weighted by atomic mass is 35.5. The van der Waals surface area contributed by atoms with Gasteiger partial charge in [0, 0.05) is 23.0 Å². The molecule has 1 N–H and O–H groups in total. The third-order valence-electron chi connectivity index (χ3n) is 6.55. The van der Waals surface area contributed by atoms with E-state index in [4.69, 9.17) is 11.6 Å². The van der Waals surface area contributed by atoms with Crippen LogP contribution >= 0.6 is 11.6 Å². The highest BCUT2D eigenvalue weighted by molar-refractivity contribution is 6.32. The Hall–Kier alpha value is -4.16. The number of benzene rings is 2. The average molecular weight is 550 g/mol. The molecule has 0 spiro atoms. The van der Waals surface area contributed by atoms with Crippen molar-refractivity contribution in [2.24, 2.45) is 5.92 Å². The number of halogens is 4. The van der Waals surface area contributed by atoms with Crippen LogP contribution in [0.2, 0.25) is 5.02 Å². The molecule has 0 radical (unpaired) electrons. The van der Waals surface area contributed by atoms with Crippen molar-refractivity contribution in [3.8, 4) is 17.5 Å². The molecular formula is C29H23ClF3N5O. The lowest BCUT2D eigenvalue weighted by molar-refractivity contribution is -0.137. The maximum Gasteiger partial charge on any atom is 0.418 e. The fourth-order valence-electron chi connectivity index (χ4n) is 4.24. The molecule has 0 atom stereocenters. The number of amides is 1. The van der Waals surface area contributed by atoms with Gasteiger partial charge in [0.15, 0.2) is 0 Å². The number of imidazole rings is 1. The van der Waals surface area contributed by atoms with Gasteiger partial charge < -0.3 is 9.88 Å².